The summed E-state index contributed by atoms with van der Waals surface area (Å²) in [5.74, 6) is -1.05. The molecule has 1 aliphatic heterocycles. The Morgan fingerprint density at radius 3 is 2.77 bits per heavy atom. The third-order valence-corrected chi connectivity index (χ3v) is 4.34. The third-order valence-electron chi connectivity index (χ3n) is 3.92. The maximum atomic E-state index is 14.2. The summed E-state index contributed by atoms with van der Waals surface area (Å²) >= 11 is 5.41. The molecule has 7 heteroatoms. The molecule has 0 amide bonds. The molecule has 1 aliphatic rings. The second kappa shape index (κ2) is 5.79. The highest BCUT2D eigenvalue weighted by Crippen LogP contribution is 2.31. The molecule has 0 fully saturated rings. The van der Waals surface area contributed by atoms with Gasteiger partial charge in [-0.25, -0.2) is 13.5 Å². The lowest BCUT2D eigenvalue weighted by Crippen LogP contribution is -2.33. The van der Waals surface area contributed by atoms with E-state index in [1.54, 1.807) is 11.0 Å². The second-order valence-corrected chi connectivity index (χ2v) is 6.18. The Labute approximate surface area is 133 Å². The first-order valence-corrected chi connectivity index (χ1v) is 7.75. The summed E-state index contributed by atoms with van der Waals surface area (Å²) in [6.07, 6.45) is 3.24. The monoisotopic (exact) mass is 324 g/mol. The van der Waals surface area contributed by atoms with Gasteiger partial charge in [-0.1, -0.05) is 0 Å². The molecule has 22 heavy (non-hydrogen) atoms. The molecule has 1 aromatic heterocycles. The normalized spacial score (nSPS) is 14.5. The molecule has 4 nitrogen and oxygen atoms in total. The van der Waals surface area contributed by atoms with Crippen molar-refractivity contribution < 1.29 is 8.78 Å². The van der Waals surface area contributed by atoms with E-state index < -0.39 is 11.6 Å². The summed E-state index contributed by atoms with van der Waals surface area (Å²) in [6, 6.07) is 2.57. The quantitative estimate of drug-likeness (QED) is 0.806. The van der Waals surface area contributed by atoms with Crippen molar-refractivity contribution >= 4 is 17.9 Å². The highest BCUT2D eigenvalue weighted by Gasteiger charge is 2.22. The first-order valence-electron chi connectivity index (χ1n) is 7.34. The third kappa shape index (κ3) is 2.65. The lowest BCUT2D eigenvalue weighted by atomic mass is 10.0. The lowest BCUT2D eigenvalue weighted by Gasteiger charge is -2.31. The molecule has 0 N–H and O–H groups in total. The largest absolute Gasteiger partial charge is 0.349 e. The van der Waals surface area contributed by atoms with Gasteiger partial charge in [0.2, 0.25) is 0 Å². The van der Waals surface area contributed by atoms with E-state index in [-0.39, 0.29) is 6.04 Å². The summed E-state index contributed by atoms with van der Waals surface area (Å²) in [7, 11) is 0. The summed E-state index contributed by atoms with van der Waals surface area (Å²) in [5, 5.41) is 4.29. The SMILES string of the molecule is CC(C)n1cnn(CN2CCCc3cc(F)cc(F)c32)c1=S. The number of aryl methyl sites for hydroxylation is 1. The fourth-order valence-corrected chi connectivity index (χ4v) is 3.20. The molecule has 2 heterocycles. The Kier molecular flexibility index (Phi) is 3.99. The highest BCUT2D eigenvalue weighted by molar-refractivity contribution is 7.71. The number of halogens is 2. The van der Waals surface area contributed by atoms with E-state index in [0.29, 0.717) is 35.7 Å². The molecule has 0 atom stereocenters. The van der Waals surface area contributed by atoms with Crippen LogP contribution in [-0.4, -0.2) is 20.9 Å². The topological polar surface area (TPSA) is 26.0 Å². The van der Waals surface area contributed by atoms with Crippen LogP contribution >= 0.6 is 12.2 Å². The van der Waals surface area contributed by atoms with Gasteiger partial charge in [0, 0.05) is 18.7 Å². The number of benzene rings is 1. The van der Waals surface area contributed by atoms with Gasteiger partial charge in [-0.15, -0.1) is 0 Å². The van der Waals surface area contributed by atoms with Gasteiger partial charge in [-0.2, -0.15) is 5.10 Å². The van der Waals surface area contributed by atoms with Gasteiger partial charge in [0.05, 0.1) is 5.69 Å². The Hall–Kier alpha value is -1.76. The number of aromatic nitrogens is 3. The van der Waals surface area contributed by atoms with Crippen LogP contribution in [0.25, 0.3) is 0 Å². The van der Waals surface area contributed by atoms with Crippen molar-refractivity contribution in [2.24, 2.45) is 0 Å². The Bertz CT molecular complexity index is 750. The van der Waals surface area contributed by atoms with Crippen LogP contribution in [0, 0.1) is 16.4 Å². The summed E-state index contributed by atoms with van der Waals surface area (Å²) in [5.41, 5.74) is 1.17. The second-order valence-electron chi connectivity index (χ2n) is 5.82. The molecule has 0 radical (unpaired) electrons. The van der Waals surface area contributed by atoms with E-state index in [2.05, 4.69) is 5.10 Å². The smallest absolute Gasteiger partial charge is 0.199 e. The van der Waals surface area contributed by atoms with Gasteiger partial charge in [0.1, 0.15) is 24.6 Å². The predicted molar refractivity (Wildman–Crippen MR) is 83.5 cm³/mol. The van der Waals surface area contributed by atoms with Crippen LogP contribution in [0.5, 0.6) is 0 Å². The zero-order chi connectivity index (χ0) is 15.9. The van der Waals surface area contributed by atoms with Crippen molar-refractivity contribution in [2.75, 3.05) is 11.4 Å². The molecular formula is C15H18F2N4S. The summed E-state index contributed by atoms with van der Waals surface area (Å²) in [4.78, 5) is 1.88. The van der Waals surface area contributed by atoms with E-state index in [4.69, 9.17) is 12.2 Å². The first kappa shape index (κ1) is 15.1. The maximum absolute atomic E-state index is 14.2. The van der Waals surface area contributed by atoms with Crippen molar-refractivity contribution in [1.29, 1.82) is 0 Å². The zero-order valence-electron chi connectivity index (χ0n) is 12.6. The number of hydrogen-bond donors (Lipinski definition) is 0. The Balaban J connectivity index is 1.94. The Morgan fingerprint density at radius 2 is 2.09 bits per heavy atom. The van der Waals surface area contributed by atoms with Crippen LogP contribution < -0.4 is 4.90 Å². The van der Waals surface area contributed by atoms with Gasteiger partial charge in [0.25, 0.3) is 0 Å². The number of hydrogen-bond acceptors (Lipinski definition) is 3. The van der Waals surface area contributed by atoms with Crippen molar-refractivity contribution in [3.8, 4) is 0 Å². The van der Waals surface area contributed by atoms with Crippen LogP contribution in [0.2, 0.25) is 0 Å². The van der Waals surface area contributed by atoms with Crippen molar-refractivity contribution in [3.63, 3.8) is 0 Å². The maximum Gasteiger partial charge on any atom is 0.199 e. The van der Waals surface area contributed by atoms with E-state index in [1.165, 1.54) is 6.07 Å². The van der Waals surface area contributed by atoms with E-state index in [9.17, 15) is 8.78 Å². The van der Waals surface area contributed by atoms with Crippen LogP contribution in [0.15, 0.2) is 18.5 Å². The molecular weight excluding hydrogens is 306 g/mol. The number of fused-ring (bicyclic) bond motifs is 1. The minimum atomic E-state index is -0.529. The fourth-order valence-electron chi connectivity index (χ4n) is 2.84. The van der Waals surface area contributed by atoms with Gasteiger partial charge < -0.3 is 9.47 Å². The van der Waals surface area contributed by atoms with E-state index in [0.717, 1.165) is 12.5 Å². The van der Waals surface area contributed by atoms with Crippen LogP contribution in [0.3, 0.4) is 0 Å². The molecule has 118 valence electrons. The van der Waals surface area contributed by atoms with Crippen molar-refractivity contribution in [2.45, 2.75) is 39.4 Å². The molecule has 0 bridgehead atoms. The molecule has 0 spiro atoms. The molecule has 0 unspecified atom stereocenters. The van der Waals surface area contributed by atoms with Gasteiger partial charge >= 0.3 is 0 Å². The average molecular weight is 324 g/mol. The molecule has 3 rings (SSSR count). The number of rotatable bonds is 3. The minimum absolute atomic E-state index is 0.223. The molecule has 1 aromatic carbocycles. The van der Waals surface area contributed by atoms with Crippen LogP contribution in [0.1, 0.15) is 31.9 Å². The van der Waals surface area contributed by atoms with E-state index in [1.807, 2.05) is 23.3 Å². The Morgan fingerprint density at radius 1 is 1.32 bits per heavy atom. The van der Waals surface area contributed by atoms with Crippen molar-refractivity contribution in [1.82, 2.24) is 14.3 Å². The zero-order valence-corrected chi connectivity index (χ0v) is 13.4. The fraction of sp³-hybridized carbons (Fsp3) is 0.467. The van der Waals surface area contributed by atoms with Crippen LogP contribution in [0.4, 0.5) is 14.5 Å². The van der Waals surface area contributed by atoms with E-state index >= 15 is 0 Å². The molecule has 0 saturated carbocycles. The predicted octanol–water partition coefficient (Wildman–Crippen LogP) is 3.68. The molecule has 0 saturated heterocycles. The highest BCUT2D eigenvalue weighted by atomic mass is 32.1. The summed E-state index contributed by atoms with van der Waals surface area (Å²) in [6.45, 7) is 5.13. The number of anilines is 1. The van der Waals surface area contributed by atoms with Gasteiger partial charge in [-0.3, -0.25) is 0 Å². The van der Waals surface area contributed by atoms with Crippen LogP contribution in [-0.2, 0) is 13.1 Å². The first-order chi connectivity index (χ1) is 10.5. The number of nitrogens with zero attached hydrogens (tertiary/aromatic N) is 4. The standard InChI is InChI=1S/C15H18F2N4S/c1-10(2)20-8-18-21(15(20)22)9-19-5-3-4-11-6-12(16)7-13(17)14(11)19/h6-8,10H,3-5,9H2,1-2H3. The van der Waals surface area contributed by atoms with Crippen molar-refractivity contribution in [3.05, 3.63) is 40.4 Å². The summed E-state index contributed by atoms with van der Waals surface area (Å²) < 4.78 is 31.7. The minimum Gasteiger partial charge on any atom is -0.349 e. The van der Waals surface area contributed by atoms with Gasteiger partial charge in [-0.05, 0) is 50.5 Å². The molecule has 0 aliphatic carbocycles. The molecule has 2 aromatic rings. The lowest BCUT2D eigenvalue weighted by molar-refractivity contribution is 0.509. The average Bonchev–Trinajstić information content (AvgIpc) is 2.80. The van der Waals surface area contributed by atoms with Gasteiger partial charge in [0.15, 0.2) is 4.77 Å².